The molecule has 0 aromatic carbocycles. The molecular weight excluding hydrogens is 238 g/mol. The minimum Gasteiger partial charge on any atom is -0.326 e. The number of nitrogens with zero attached hydrogens (tertiary/aromatic N) is 1. The maximum atomic E-state index is 6.27. The lowest BCUT2D eigenvalue weighted by atomic mass is 9.86. The van der Waals surface area contributed by atoms with Crippen molar-refractivity contribution in [3.63, 3.8) is 0 Å². The van der Waals surface area contributed by atoms with E-state index in [0.717, 1.165) is 32.6 Å². The Kier molecular flexibility index (Phi) is 5.78. The highest BCUT2D eigenvalue weighted by Gasteiger charge is 2.29. The molecule has 5 N–H and O–H groups in total. The van der Waals surface area contributed by atoms with Crippen LogP contribution in [-0.2, 0) is 0 Å². The average Bonchev–Trinajstić information content (AvgIpc) is 2.86. The second kappa shape index (κ2) is 7.36. The van der Waals surface area contributed by atoms with Crippen molar-refractivity contribution in [2.45, 2.75) is 37.9 Å². The summed E-state index contributed by atoms with van der Waals surface area (Å²) in [5.74, 6) is 0.498. The first-order valence-corrected chi connectivity index (χ1v) is 7.56. The van der Waals surface area contributed by atoms with Crippen LogP contribution in [0.15, 0.2) is 12.2 Å². The summed E-state index contributed by atoms with van der Waals surface area (Å²) in [5, 5.41) is 9.24. The predicted molar refractivity (Wildman–Crippen MR) is 79.7 cm³/mol. The molecule has 19 heavy (non-hydrogen) atoms. The van der Waals surface area contributed by atoms with Gasteiger partial charge in [0.05, 0.1) is 0 Å². The van der Waals surface area contributed by atoms with E-state index in [1.807, 2.05) is 7.05 Å². The van der Waals surface area contributed by atoms with Crippen molar-refractivity contribution in [2.75, 3.05) is 33.2 Å². The molecular formula is C14H29N5. The molecule has 5 heteroatoms. The first-order valence-electron chi connectivity index (χ1n) is 7.56. The Bertz CT molecular complexity index is 294. The van der Waals surface area contributed by atoms with Crippen molar-refractivity contribution >= 4 is 0 Å². The van der Waals surface area contributed by atoms with E-state index in [4.69, 9.17) is 5.73 Å². The fourth-order valence-corrected chi connectivity index (χ4v) is 3.10. The fourth-order valence-electron chi connectivity index (χ4n) is 3.10. The Morgan fingerprint density at radius 2 is 2.26 bits per heavy atom. The van der Waals surface area contributed by atoms with Crippen LogP contribution in [0, 0.1) is 5.92 Å². The molecule has 1 saturated heterocycles. The van der Waals surface area contributed by atoms with Crippen molar-refractivity contribution < 1.29 is 0 Å². The van der Waals surface area contributed by atoms with Gasteiger partial charge in [0.25, 0.3) is 0 Å². The number of nitrogens with two attached hydrogens (primary N) is 1. The van der Waals surface area contributed by atoms with E-state index in [0.29, 0.717) is 18.0 Å². The van der Waals surface area contributed by atoms with Gasteiger partial charge in [0.1, 0.15) is 0 Å². The molecule has 2 aliphatic rings. The number of hydrazine groups is 1. The quantitative estimate of drug-likeness (QED) is 0.496. The molecule has 0 spiro atoms. The molecule has 0 saturated carbocycles. The van der Waals surface area contributed by atoms with Crippen LogP contribution in [0.25, 0.3) is 0 Å². The van der Waals surface area contributed by atoms with Crippen LogP contribution in [0.3, 0.4) is 0 Å². The first-order chi connectivity index (χ1) is 9.24. The third-order valence-electron chi connectivity index (χ3n) is 4.25. The third-order valence-corrected chi connectivity index (χ3v) is 4.25. The van der Waals surface area contributed by atoms with Crippen molar-refractivity contribution in [1.82, 2.24) is 21.1 Å². The maximum Gasteiger partial charge on any atom is 0.0352 e. The Labute approximate surface area is 117 Å². The summed E-state index contributed by atoms with van der Waals surface area (Å²) >= 11 is 0. The standard InChI is InChI=1S/C14H29N5/c1-3-19-8-7-12(18-19)10-17-14-11(9-16-2)5-4-6-13(14)15/h4-5,11-14,16-18H,3,6-10,15H2,1-2H3. The zero-order valence-corrected chi connectivity index (χ0v) is 12.2. The van der Waals surface area contributed by atoms with Crippen LogP contribution >= 0.6 is 0 Å². The molecule has 1 aliphatic carbocycles. The second-order valence-corrected chi connectivity index (χ2v) is 5.68. The van der Waals surface area contributed by atoms with E-state index < -0.39 is 0 Å². The van der Waals surface area contributed by atoms with Gasteiger partial charge in [0.15, 0.2) is 0 Å². The monoisotopic (exact) mass is 267 g/mol. The van der Waals surface area contributed by atoms with Crippen molar-refractivity contribution in [1.29, 1.82) is 0 Å². The molecule has 0 radical (unpaired) electrons. The van der Waals surface area contributed by atoms with E-state index in [-0.39, 0.29) is 6.04 Å². The zero-order valence-electron chi connectivity index (χ0n) is 12.2. The van der Waals surface area contributed by atoms with E-state index in [9.17, 15) is 0 Å². The van der Waals surface area contributed by atoms with Crippen LogP contribution in [0.2, 0.25) is 0 Å². The topological polar surface area (TPSA) is 65.3 Å². The Morgan fingerprint density at radius 3 is 2.95 bits per heavy atom. The molecule has 2 rings (SSSR count). The fraction of sp³-hybridized carbons (Fsp3) is 0.857. The van der Waals surface area contributed by atoms with E-state index in [1.165, 1.54) is 6.42 Å². The summed E-state index contributed by atoms with van der Waals surface area (Å²) in [4.78, 5) is 0. The number of rotatable bonds is 6. The number of hydrogen-bond acceptors (Lipinski definition) is 5. The predicted octanol–water partition coefficient (Wildman–Crippen LogP) is -0.334. The molecule has 1 aliphatic heterocycles. The normalized spacial score (nSPS) is 35.9. The highest BCUT2D eigenvalue weighted by molar-refractivity contribution is 5.06. The lowest BCUT2D eigenvalue weighted by Gasteiger charge is -2.34. The molecule has 4 atom stereocenters. The van der Waals surface area contributed by atoms with E-state index >= 15 is 0 Å². The summed E-state index contributed by atoms with van der Waals surface area (Å²) in [6.45, 7) is 6.40. The molecule has 0 bridgehead atoms. The lowest BCUT2D eigenvalue weighted by molar-refractivity contribution is 0.239. The van der Waals surface area contributed by atoms with E-state index in [1.54, 1.807) is 0 Å². The van der Waals surface area contributed by atoms with Gasteiger partial charge in [-0.2, -0.15) is 0 Å². The minimum atomic E-state index is 0.229. The summed E-state index contributed by atoms with van der Waals surface area (Å²) in [7, 11) is 2.00. The summed E-state index contributed by atoms with van der Waals surface area (Å²) in [5.41, 5.74) is 9.80. The molecule has 110 valence electrons. The van der Waals surface area contributed by atoms with Crippen molar-refractivity contribution in [3.05, 3.63) is 12.2 Å². The van der Waals surface area contributed by atoms with Crippen molar-refractivity contribution in [2.24, 2.45) is 11.7 Å². The highest BCUT2D eigenvalue weighted by Crippen LogP contribution is 2.17. The first kappa shape index (κ1) is 14.9. The second-order valence-electron chi connectivity index (χ2n) is 5.68. The van der Waals surface area contributed by atoms with Crippen molar-refractivity contribution in [3.8, 4) is 0 Å². The van der Waals surface area contributed by atoms with Crippen LogP contribution in [-0.4, -0.2) is 56.4 Å². The van der Waals surface area contributed by atoms with Crippen LogP contribution in [0.4, 0.5) is 0 Å². The van der Waals surface area contributed by atoms with Gasteiger partial charge in [-0.05, 0) is 19.9 Å². The Hall–Kier alpha value is -0.460. The zero-order chi connectivity index (χ0) is 13.7. The van der Waals surface area contributed by atoms with Crippen LogP contribution in [0.5, 0.6) is 0 Å². The summed E-state index contributed by atoms with van der Waals surface area (Å²) in [6.07, 6.45) is 6.72. The third kappa shape index (κ3) is 4.00. The highest BCUT2D eigenvalue weighted by atomic mass is 15.5. The lowest BCUT2D eigenvalue weighted by Crippen LogP contribution is -2.55. The smallest absolute Gasteiger partial charge is 0.0352 e. The van der Waals surface area contributed by atoms with Crippen LogP contribution in [0.1, 0.15) is 19.8 Å². The van der Waals surface area contributed by atoms with Gasteiger partial charge in [-0.3, -0.25) is 5.43 Å². The molecule has 0 aromatic rings. The Morgan fingerprint density at radius 1 is 1.42 bits per heavy atom. The molecule has 1 fully saturated rings. The molecule has 1 heterocycles. The SMILES string of the molecule is CCN1CCC(CNC2C(N)CC=CC2CNC)N1. The van der Waals surface area contributed by atoms with Gasteiger partial charge < -0.3 is 16.4 Å². The van der Waals surface area contributed by atoms with Gasteiger partial charge >= 0.3 is 0 Å². The largest absolute Gasteiger partial charge is 0.326 e. The van der Waals surface area contributed by atoms with Gasteiger partial charge in [-0.25, -0.2) is 5.01 Å². The van der Waals surface area contributed by atoms with E-state index in [2.05, 4.69) is 40.1 Å². The van der Waals surface area contributed by atoms with Gasteiger partial charge in [-0.15, -0.1) is 0 Å². The Balaban J connectivity index is 1.81. The van der Waals surface area contributed by atoms with Gasteiger partial charge in [-0.1, -0.05) is 19.1 Å². The maximum absolute atomic E-state index is 6.27. The summed E-state index contributed by atoms with van der Waals surface area (Å²) < 4.78 is 0. The number of hydrogen-bond donors (Lipinski definition) is 4. The van der Waals surface area contributed by atoms with Crippen LogP contribution < -0.4 is 21.8 Å². The molecule has 0 aromatic heterocycles. The van der Waals surface area contributed by atoms with Gasteiger partial charge in [0.2, 0.25) is 0 Å². The molecule has 5 nitrogen and oxygen atoms in total. The summed E-state index contributed by atoms with van der Waals surface area (Å²) in [6, 6.07) is 1.16. The molecule has 0 amide bonds. The number of nitrogens with one attached hydrogen (secondary N) is 3. The molecule has 4 unspecified atom stereocenters. The minimum absolute atomic E-state index is 0.229. The van der Waals surface area contributed by atoms with Gasteiger partial charge in [0, 0.05) is 50.2 Å². The average molecular weight is 267 g/mol.